The number of halogens is 2. The fourth-order valence-electron chi connectivity index (χ4n) is 2.04. The molecule has 2 rings (SSSR count). The van der Waals surface area contributed by atoms with Crippen molar-refractivity contribution >= 4 is 33.5 Å². The highest BCUT2D eigenvalue weighted by atomic mass is 79.9. The quantitative estimate of drug-likeness (QED) is 0.783. The zero-order valence-corrected chi connectivity index (χ0v) is 15.1. The van der Waals surface area contributed by atoms with Crippen LogP contribution in [0.25, 0.3) is 0 Å². The number of carbonyl (C=O) groups is 2. The number of hydrogen-bond acceptors (Lipinski definition) is 3. The van der Waals surface area contributed by atoms with Gasteiger partial charge in [0.05, 0.1) is 5.56 Å². The Morgan fingerprint density at radius 2 is 1.88 bits per heavy atom. The third-order valence-electron chi connectivity index (χ3n) is 3.45. The number of anilines is 1. The van der Waals surface area contributed by atoms with Gasteiger partial charge in [-0.05, 0) is 56.2 Å². The Morgan fingerprint density at radius 3 is 2.58 bits per heavy atom. The molecule has 0 spiro atoms. The van der Waals surface area contributed by atoms with Crippen molar-refractivity contribution in [2.24, 2.45) is 0 Å². The van der Waals surface area contributed by atoms with Gasteiger partial charge in [0.2, 0.25) is 0 Å². The van der Waals surface area contributed by atoms with Crippen molar-refractivity contribution in [1.82, 2.24) is 0 Å². The molecule has 24 heavy (non-hydrogen) atoms. The molecule has 0 aliphatic carbocycles. The summed E-state index contributed by atoms with van der Waals surface area (Å²) in [7, 11) is 0. The third-order valence-corrected chi connectivity index (χ3v) is 3.95. The van der Waals surface area contributed by atoms with Gasteiger partial charge in [0.15, 0.2) is 6.10 Å². The van der Waals surface area contributed by atoms with E-state index in [-0.39, 0.29) is 5.56 Å². The van der Waals surface area contributed by atoms with Crippen LogP contribution in [0.15, 0.2) is 40.9 Å². The summed E-state index contributed by atoms with van der Waals surface area (Å²) in [4.78, 5) is 24.2. The van der Waals surface area contributed by atoms with Crippen LogP contribution in [0.4, 0.5) is 10.1 Å². The predicted octanol–water partition coefficient (Wildman–Crippen LogP) is 4.39. The number of ether oxygens (including phenoxy) is 1. The first kappa shape index (κ1) is 18.1. The summed E-state index contributed by atoms with van der Waals surface area (Å²) in [5.74, 6) is -2.07. The SMILES string of the molecule is Cc1ccc(C)c(NC(=O)[C@@H](C)OC(=O)c2cc(Br)ccc2F)c1. The number of aryl methyl sites for hydroxylation is 2. The van der Waals surface area contributed by atoms with Crippen LogP contribution in [-0.4, -0.2) is 18.0 Å². The monoisotopic (exact) mass is 393 g/mol. The summed E-state index contributed by atoms with van der Waals surface area (Å²) in [6.07, 6.45) is -1.06. The molecule has 126 valence electrons. The molecule has 0 heterocycles. The van der Waals surface area contributed by atoms with E-state index < -0.39 is 23.8 Å². The summed E-state index contributed by atoms with van der Waals surface area (Å²) in [6.45, 7) is 5.21. The van der Waals surface area contributed by atoms with E-state index in [4.69, 9.17) is 4.74 Å². The third kappa shape index (κ3) is 4.41. The van der Waals surface area contributed by atoms with Crippen LogP contribution in [0.3, 0.4) is 0 Å². The van der Waals surface area contributed by atoms with Gasteiger partial charge in [0.1, 0.15) is 5.82 Å². The summed E-state index contributed by atoms with van der Waals surface area (Å²) >= 11 is 3.17. The Labute approximate surface area is 148 Å². The van der Waals surface area contributed by atoms with E-state index in [1.54, 1.807) is 0 Å². The lowest BCUT2D eigenvalue weighted by Crippen LogP contribution is -2.30. The van der Waals surface area contributed by atoms with Crippen molar-refractivity contribution in [3.8, 4) is 0 Å². The molecule has 0 unspecified atom stereocenters. The second-order valence-electron chi connectivity index (χ2n) is 5.48. The zero-order valence-electron chi connectivity index (χ0n) is 13.5. The van der Waals surface area contributed by atoms with Crippen molar-refractivity contribution in [3.63, 3.8) is 0 Å². The van der Waals surface area contributed by atoms with E-state index in [1.807, 2.05) is 32.0 Å². The highest BCUT2D eigenvalue weighted by Crippen LogP contribution is 2.19. The minimum absolute atomic E-state index is 0.226. The van der Waals surface area contributed by atoms with Crippen LogP contribution in [0.5, 0.6) is 0 Å². The second kappa shape index (κ2) is 7.57. The number of hydrogen-bond donors (Lipinski definition) is 1. The first-order valence-electron chi connectivity index (χ1n) is 7.32. The average Bonchev–Trinajstić information content (AvgIpc) is 2.53. The average molecular weight is 394 g/mol. The van der Waals surface area contributed by atoms with Gasteiger partial charge in [0, 0.05) is 10.2 Å². The molecule has 1 amide bonds. The minimum Gasteiger partial charge on any atom is -0.449 e. The van der Waals surface area contributed by atoms with Gasteiger partial charge in [-0.15, -0.1) is 0 Å². The Balaban J connectivity index is 2.07. The summed E-state index contributed by atoms with van der Waals surface area (Å²) in [6, 6.07) is 9.59. The van der Waals surface area contributed by atoms with E-state index in [2.05, 4.69) is 21.2 Å². The van der Waals surface area contributed by atoms with Gasteiger partial charge < -0.3 is 10.1 Å². The fourth-order valence-corrected chi connectivity index (χ4v) is 2.40. The number of rotatable bonds is 4. The lowest BCUT2D eigenvalue weighted by Gasteiger charge is -2.15. The fraction of sp³-hybridized carbons (Fsp3) is 0.222. The van der Waals surface area contributed by atoms with E-state index in [9.17, 15) is 14.0 Å². The molecule has 0 aromatic heterocycles. The normalized spacial score (nSPS) is 11.7. The largest absolute Gasteiger partial charge is 0.449 e. The lowest BCUT2D eigenvalue weighted by atomic mass is 10.1. The first-order valence-corrected chi connectivity index (χ1v) is 8.11. The van der Waals surface area contributed by atoms with Crippen LogP contribution in [0, 0.1) is 19.7 Å². The van der Waals surface area contributed by atoms with Gasteiger partial charge in [0.25, 0.3) is 5.91 Å². The van der Waals surface area contributed by atoms with Crippen molar-refractivity contribution in [2.75, 3.05) is 5.32 Å². The van der Waals surface area contributed by atoms with E-state index in [1.165, 1.54) is 19.1 Å². The number of carbonyl (C=O) groups excluding carboxylic acids is 2. The second-order valence-corrected chi connectivity index (χ2v) is 6.40. The van der Waals surface area contributed by atoms with Crippen LogP contribution >= 0.6 is 15.9 Å². The van der Waals surface area contributed by atoms with E-state index in [0.717, 1.165) is 17.2 Å². The molecule has 0 fully saturated rings. The van der Waals surface area contributed by atoms with Crippen LogP contribution < -0.4 is 5.32 Å². The molecule has 1 atom stereocenters. The topological polar surface area (TPSA) is 55.4 Å². The Kier molecular flexibility index (Phi) is 5.72. The highest BCUT2D eigenvalue weighted by Gasteiger charge is 2.21. The summed E-state index contributed by atoms with van der Waals surface area (Å²) < 4.78 is 19.3. The lowest BCUT2D eigenvalue weighted by molar-refractivity contribution is -0.123. The van der Waals surface area contributed by atoms with Gasteiger partial charge in [-0.2, -0.15) is 0 Å². The zero-order chi connectivity index (χ0) is 17.9. The molecule has 2 aromatic carbocycles. The molecule has 6 heteroatoms. The smallest absolute Gasteiger partial charge is 0.341 e. The highest BCUT2D eigenvalue weighted by molar-refractivity contribution is 9.10. The summed E-state index contributed by atoms with van der Waals surface area (Å²) in [5, 5.41) is 2.71. The number of benzene rings is 2. The first-order chi connectivity index (χ1) is 11.3. The van der Waals surface area contributed by atoms with Gasteiger partial charge in [-0.1, -0.05) is 28.1 Å². The molecule has 4 nitrogen and oxygen atoms in total. The number of esters is 1. The van der Waals surface area contributed by atoms with Crippen LogP contribution in [-0.2, 0) is 9.53 Å². The molecular formula is C18H17BrFNO3. The molecule has 0 aliphatic rings. The van der Waals surface area contributed by atoms with Crippen molar-refractivity contribution in [3.05, 3.63) is 63.4 Å². The molecule has 0 bridgehead atoms. The van der Waals surface area contributed by atoms with E-state index >= 15 is 0 Å². The van der Waals surface area contributed by atoms with Gasteiger partial charge in [-0.25, -0.2) is 9.18 Å². The maximum absolute atomic E-state index is 13.7. The van der Waals surface area contributed by atoms with Crippen LogP contribution in [0.2, 0.25) is 0 Å². The minimum atomic E-state index is -1.06. The van der Waals surface area contributed by atoms with Crippen molar-refractivity contribution in [1.29, 1.82) is 0 Å². The Bertz CT molecular complexity index is 792. The van der Waals surface area contributed by atoms with Crippen LogP contribution in [0.1, 0.15) is 28.4 Å². The molecule has 0 aliphatic heterocycles. The summed E-state index contributed by atoms with van der Waals surface area (Å²) in [5.41, 5.74) is 2.31. The molecule has 0 radical (unpaired) electrons. The molecular weight excluding hydrogens is 377 g/mol. The Morgan fingerprint density at radius 1 is 1.17 bits per heavy atom. The molecule has 0 saturated carbocycles. The van der Waals surface area contributed by atoms with Gasteiger partial charge in [-0.3, -0.25) is 4.79 Å². The van der Waals surface area contributed by atoms with E-state index in [0.29, 0.717) is 10.2 Å². The number of nitrogens with one attached hydrogen (secondary N) is 1. The molecule has 0 saturated heterocycles. The standard InChI is InChI=1S/C18H17BrFNO3/c1-10-4-5-11(2)16(8-10)21-17(22)12(3)24-18(23)14-9-13(19)6-7-15(14)20/h4-9,12H,1-3H3,(H,21,22)/t12-/m1/s1. The number of amides is 1. The van der Waals surface area contributed by atoms with Crippen molar-refractivity contribution in [2.45, 2.75) is 26.9 Å². The molecule has 1 N–H and O–H groups in total. The molecule has 2 aromatic rings. The Hall–Kier alpha value is -2.21. The maximum atomic E-state index is 13.7. The van der Waals surface area contributed by atoms with Gasteiger partial charge >= 0.3 is 5.97 Å². The maximum Gasteiger partial charge on any atom is 0.341 e. The van der Waals surface area contributed by atoms with Crippen molar-refractivity contribution < 1.29 is 18.7 Å². The predicted molar refractivity (Wildman–Crippen MR) is 93.5 cm³/mol.